The minimum Gasteiger partial charge on any atom is -0.480 e. The summed E-state index contributed by atoms with van der Waals surface area (Å²) in [5, 5.41) is 0.763. The highest BCUT2D eigenvalue weighted by molar-refractivity contribution is 9.10. The molecule has 5 heteroatoms. The molecule has 0 amide bonds. The van der Waals surface area contributed by atoms with E-state index in [1.165, 1.54) is 0 Å². The topological polar surface area (TPSA) is 35.0 Å². The van der Waals surface area contributed by atoms with E-state index in [2.05, 4.69) is 39.7 Å². The van der Waals surface area contributed by atoms with Gasteiger partial charge in [0, 0.05) is 11.9 Å². The van der Waals surface area contributed by atoms with E-state index >= 15 is 0 Å². The largest absolute Gasteiger partial charge is 0.480 e. The van der Waals surface area contributed by atoms with Crippen LogP contribution in [-0.4, -0.2) is 22.8 Å². The quantitative estimate of drug-likeness (QED) is 0.626. The molecule has 0 radical (unpaired) electrons. The molecule has 0 bridgehead atoms. The Morgan fingerprint density at radius 2 is 2.29 bits per heavy atom. The standard InChI is InChI=1S/C9H13BrN2OS/c1-6(2)5-14-9-11-4-7(10)8(12-9)13-3/h4,6H,5H2,1-3H3. The number of hydrogen-bond acceptors (Lipinski definition) is 4. The van der Waals surface area contributed by atoms with E-state index in [1.54, 1.807) is 25.1 Å². The van der Waals surface area contributed by atoms with Crippen molar-refractivity contribution in [2.24, 2.45) is 5.92 Å². The fraction of sp³-hybridized carbons (Fsp3) is 0.556. The normalized spacial score (nSPS) is 10.6. The third-order valence-corrected chi connectivity index (χ3v) is 3.26. The Labute approximate surface area is 96.8 Å². The summed E-state index contributed by atoms with van der Waals surface area (Å²) in [5.74, 6) is 2.25. The van der Waals surface area contributed by atoms with Gasteiger partial charge in [0.25, 0.3) is 0 Å². The monoisotopic (exact) mass is 276 g/mol. The Kier molecular flexibility index (Phi) is 4.68. The second-order valence-corrected chi connectivity index (χ2v) is 5.06. The van der Waals surface area contributed by atoms with Crippen molar-refractivity contribution in [2.75, 3.05) is 12.9 Å². The number of aromatic nitrogens is 2. The van der Waals surface area contributed by atoms with E-state index in [0.29, 0.717) is 11.8 Å². The van der Waals surface area contributed by atoms with Crippen molar-refractivity contribution in [2.45, 2.75) is 19.0 Å². The molecule has 0 aromatic carbocycles. The molecule has 3 nitrogen and oxygen atoms in total. The highest BCUT2D eigenvalue weighted by Crippen LogP contribution is 2.24. The molecule has 0 saturated heterocycles. The van der Waals surface area contributed by atoms with Gasteiger partial charge in [-0.25, -0.2) is 4.98 Å². The third-order valence-electron chi connectivity index (χ3n) is 1.43. The summed E-state index contributed by atoms with van der Waals surface area (Å²) in [7, 11) is 1.60. The molecule has 1 aromatic heterocycles. The van der Waals surface area contributed by atoms with Gasteiger partial charge in [-0.15, -0.1) is 0 Å². The molecule has 0 unspecified atom stereocenters. The lowest BCUT2D eigenvalue weighted by molar-refractivity contribution is 0.389. The summed E-state index contributed by atoms with van der Waals surface area (Å²) in [6, 6.07) is 0. The van der Waals surface area contributed by atoms with Gasteiger partial charge in [-0.3, -0.25) is 0 Å². The van der Waals surface area contributed by atoms with E-state index < -0.39 is 0 Å². The second-order valence-electron chi connectivity index (χ2n) is 3.21. The van der Waals surface area contributed by atoms with Crippen LogP contribution in [0, 0.1) is 5.92 Å². The van der Waals surface area contributed by atoms with Gasteiger partial charge in [0.05, 0.1) is 11.6 Å². The van der Waals surface area contributed by atoms with E-state index in [4.69, 9.17) is 4.74 Å². The molecule has 14 heavy (non-hydrogen) atoms. The first-order chi connectivity index (χ1) is 6.63. The molecule has 0 saturated carbocycles. The van der Waals surface area contributed by atoms with Gasteiger partial charge in [-0.05, 0) is 21.8 Å². The average Bonchev–Trinajstić information content (AvgIpc) is 2.16. The molecule has 0 N–H and O–H groups in total. The molecule has 0 spiro atoms. The fourth-order valence-electron chi connectivity index (χ4n) is 0.790. The van der Waals surface area contributed by atoms with Gasteiger partial charge in [-0.1, -0.05) is 25.6 Å². The molecule has 0 aliphatic carbocycles. The minimum atomic E-state index is 0.589. The van der Waals surface area contributed by atoms with Crippen LogP contribution in [0.3, 0.4) is 0 Å². The number of thioether (sulfide) groups is 1. The second kappa shape index (κ2) is 5.56. The van der Waals surface area contributed by atoms with Crippen LogP contribution in [-0.2, 0) is 0 Å². The van der Waals surface area contributed by atoms with Crippen LogP contribution in [0.1, 0.15) is 13.8 Å². The predicted octanol–water partition coefficient (Wildman–Crippen LogP) is 3.00. The predicted molar refractivity (Wildman–Crippen MR) is 61.8 cm³/mol. The van der Waals surface area contributed by atoms with Crippen LogP contribution in [0.4, 0.5) is 0 Å². The summed E-state index contributed by atoms with van der Waals surface area (Å²) in [4.78, 5) is 8.43. The minimum absolute atomic E-state index is 0.589. The maximum absolute atomic E-state index is 5.08. The fourth-order valence-corrected chi connectivity index (χ4v) is 1.90. The molecule has 0 fully saturated rings. The molecule has 1 rings (SSSR count). The first kappa shape index (κ1) is 11.8. The average molecular weight is 277 g/mol. The van der Waals surface area contributed by atoms with Crippen LogP contribution in [0.25, 0.3) is 0 Å². The number of hydrogen-bond donors (Lipinski definition) is 0. The maximum atomic E-state index is 5.08. The molecule has 0 aliphatic rings. The molecule has 0 aliphatic heterocycles. The van der Waals surface area contributed by atoms with Crippen molar-refractivity contribution >= 4 is 27.7 Å². The van der Waals surface area contributed by atoms with Crippen molar-refractivity contribution in [1.82, 2.24) is 9.97 Å². The summed E-state index contributed by atoms with van der Waals surface area (Å²) >= 11 is 4.96. The van der Waals surface area contributed by atoms with Crippen LogP contribution in [0.5, 0.6) is 5.88 Å². The Morgan fingerprint density at radius 3 is 2.86 bits per heavy atom. The van der Waals surface area contributed by atoms with Crippen molar-refractivity contribution in [3.63, 3.8) is 0 Å². The molecule has 78 valence electrons. The zero-order valence-corrected chi connectivity index (χ0v) is 10.9. The molecule has 1 aromatic rings. The van der Waals surface area contributed by atoms with Crippen LogP contribution in [0.2, 0.25) is 0 Å². The highest BCUT2D eigenvalue weighted by Gasteiger charge is 2.05. The summed E-state index contributed by atoms with van der Waals surface area (Å²) in [5.41, 5.74) is 0. The van der Waals surface area contributed by atoms with Gasteiger partial charge < -0.3 is 4.74 Å². The van der Waals surface area contributed by atoms with Crippen molar-refractivity contribution in [3.05, 3.63) is 10.7 Å². The van der Waals surface area contributed by atoms with Crippen molar-refractivity contribution in [1.29, 1.82) is 0 Å². The van der Waals surface area contributed by atoms with Gasteiger partial charge in [-0.2, -0.15) is 4.98 Å². The molecular formula is C9H13BrN2OS. The number of halogens is 1. The van der Waals surface area contributed by atoms with E-state index in [9.17, 15) is 0 Å². The van der Waals surface area contributed by atoms with Gasteiger partial charge in [0.15, 0.2) is 5.16 Å². The Morgan fingerprint density at radius 1 is 1.57 bits per heavy atom. The van der Waals surface area contributed by atoms with Gasteiger partial charge in [0.1, 0.15) is 0 Å². The first-order valence-corrected chi connectivity index (χ1v) is 6.10. The van der Waals surface area contributed by atoms with Gasteiger partial charge >= 0.3 is 0 Å². The van der Waals surface area contributed by atoms with Crippen LogP contribution >= 0.6 is 27.7 Å². The molecule has 1 heterocycles. The third kappa shape index (κ3) is 3.46. The first-order valence-electron chi connectivity index (χ1n) is 4.32. The highest BCUT2D eigenvalue weighted by atomic mass is 79.9. The van der Waals surface area contributed by atoms with Crippen LogP contribution < -0.4 is 4.74 Å². The lowest BCUT2D eigenvalue weighted by Gasteiger charge is -2.05. The number of methoxy groups -OCH3 is 1. The SMILES string of the molecule is COc1nc(SCC(C)C)ncc1Br. The van der Waals surface area contributed by atoms with Crippen LogP contribution in [0.15, 0.2) is 15.8 Å². The van der Waals surface area contributed by atoms with Crippen molar-refractivity contribution in [3.8, 4) is 5.88 Å². The molecular weight excluding hydrogens is 264 g/mol. The zero-order chi connectivity index (χ0) is 10.6. The smallest absolute Gasteiger partial charge is 0.231 e. The number of rotatable bonds is 4. The summed E-state index contributed by atoms with van der Waals surface area (Å²) < 4.78 is 5.87. The lowest BCUT2D eigenvalue weighted by Crippen LogP contribution is -1.96. The lowest BCUT2D eigenvalue weighted by atomic mass is 10.3. The van der Waals surface area contributed by atoms with Crippen molar-refractivity contribution < 1.29 is 4.74 Å². The summed E-state index contributed by atoms with van der Waals surface area (Å²) in [6.07, 6.45) is 1.72. The maximum Gasteiger partial charge on any atom is 0.231 e. The number of nitrogens with zero attached hydrogens (tertiary/aromatic N) is 2. The number of ether oxygens (including phenoxy) is 1. The van der Waals surface area contributed by atoms with E-state index in [-0.39, 0.29) is 0 Å². The van der Waals surface area contributed by atoms with E-state index in [0.717, 1.165) is 15.4 Å². The Hall–Kier alpha value is -0.290. The molecule has 0 atom stereocenters. The van der Waals surface area contributed by atoms with E-state index in [1.807, 2.05) is 0 Å². The van der Waals surface area contributed by atoms with Gasteiger partial charge in [0.2, 0.25) is 5.88 Å². The zero-order valence-electron chi connectivity index (χ0n) is 8.45. The Bertz CT molecular complexity index is 307. The Balaban J connectivity index is 2.69. The summed E-state index contributed by atoms with van der Waals surface area (Å²) in [6.45, 7) is 4.34.